The van der Waals surface area contributed by atoms with Crippen LogP contribution in [0.4, 0.5) is 0 Å². The van der Waals surface area contributed by atoms with Gasteiger partial charge in [0.2, 0.25) is 15.9 Å². The molecule has 0 bridgehead atoms. The second-order valence-corrected chi connectivity index (χ2v) is 7.45. The highest BCUT2D eigenvalue weighted by molar-refractivity contribution is 7.89. The average Bonchev–Trinajstić information content (AvgIpc) is 2.51. The van der Waals surface area contributed by atoms with Crippen molar-refractivity contribution >= 4 is 21.8 Å². The van der Waals surface area contributed by atoms with Crippen molar-refractivity contribution in [2.75, 3.05) is 14.1 Å². The molecule has 0 unspecified atom stereocenters. The van der Waals surface area contributed by atoms with Crippen LogP contribution in [-0.2, 0) is 14.8 Å². The van der Waals surface area contributed by atoms with E-state index in [9.17, 15) is 18.0 Å². The van der Waals surface area contributed by atoms with Gasteiger partial charge in [-0.25, -0.2) is 13.1 Å². The molecule has 7 nitrogen and oxygen atoms in total. The first-order valence-electron chi connectivity index (χ1n) is 7.18. The standard InChI is InChI=1S/C15H23N3O4S/c1-15(2,10-9-13(19)16-3)18-23(21,22)12-7-5-11(6-8-12)14(20)17-4/h5-8,18H,9-10H2,1-4H3,(H,16,19)(H,17,20). The van der Waals surface area contributed by atoms with E-state index in [1.807, 2.05) is 0 Å². The molecule has 1 aromatic carbocycles. The molecule has 1 rings (SSSR count). The highest BCUT2D eigenvalue weighted by Gasteiger charge is 2.26. The molecule has 0 aliphatic heterocycles. The summed E-state index contributed by atoms with van der Waals surface area (Å²) in [5.74, 6) is -0.431. The number of carbonyl (C=O) groups excluding carboxylic acids is 2. The van der Waals surface area contributed by atoms with Gasteiger partial charge in [0.15, 0.2) is 0 Å². The van der Waals surface area contributed by atoms with Gasteiger partial charge in [0.05, 0.1) is 4.90 Å². The summed E-state index contributed by atoms with van der Waals surface area (Å²) < 4.78 is 27.4. The van der Waals surface area contributed by atoms with E-state index in [0.29, 0.717) is 12.0 Å². The van der Waals surface area contributed by atoms with Crippen molar-refractivity contribution in [3.8, 4) is 0 Å². The SMILES string of the molecule is CNC(=O)CCC(C)(C)NS(=O)(=O)c1ccc(C(=O)NC)cc1. The van der Waals surface area contributed by atoms with Crippen LogP contribution in [0.15, 0.2) is 29.2 Å². The van der Waals surface area contributed by atoms with Gasteiger partial charge in [-0.15, -0.1) is 0 Å². The van der Waals surface area contributed by atoms with Gasteiger partial charge in [0.25, 0.3) is 5.91 Å². The fraction of sp³-hybridized carbons (Fsp3) is 0.467. The average molecular weight is 341 g/mol. The predicted molar refractivity (Wildman–Crippen MR) is 87.5 cm³/mol. The summed E-state index contributed by atoms with van der Waals surface area (Å²) in [6.45, 7) is 3.43. The third-order valence-electron chi connectivity index (χ3n) is 3.32. The van der Waals surface area contributed by atoms with Gasteiger partial charge in [-0.05, 0) is 44.5 Å². The molecule has 23 heavy (non-hydrogen) atoms. The minimum Gasteiger partial charge on any atom is -0.359 e. The lowest BCUT2D eigenvalue weighted by Crippen LogP contribution is -2.44. The van der Waals surface area contributed by atoms with Gasteiger partial charge >= 0.3 is 0 Å². The molecule has 0 heterocycles. The van der Waals surface area contributed by atoms with E-state index < -0.39 is 15.6 Å². The largest absolute Gasteiger partial charge is 0.359 e. The molecule has 1 aromatic rings. The van der Waals surface area contributed by atoms with Crippen molar-refractivity contribution in [2.45, 2.75) is 37.1 Å². The quantitative estimate of drug-likeness (QED) is 0.676. The van der Waals surface area contributed by atoms with Crippen molar-refractivity contribution in [3.63, 3.8) is 0 Å². The summed E-state index contributed by atoms with van der Waals surface area (Å²) in [7, 11) is -0.696. The maximum atomic E-state index is 12.4. The maximum Gasteiger partial charge on any atom is 0.251 e. The first kappa shape index (κ1) is 19.1. The van der Waals surface area contributed by atoms with Crippen molar-refractivity contribution in [1.82, 2.24) is 15.4 Å². The van der Waals surface area contributed by atoms with Crippen molar-refractivity contribution in [1.29, 1.82) is 0 Å². The zero-order valence-electron chi connectivity index (χ0n) is 13.8. The number of carbonyl (C=O) groups is 2. The highest BCUT2D eigenvalue weighted by Crippen LogP contribution is 2.17. The smallest absolute Gasteiger partial charge is 0.251 e. The number of sulfonamides is 1. The fourth-order valence-corrected chi connectivity index (χ4v) is 3.40. The summed E-state index contributed by atoms with van der Waals surface area (Å²) in [5.41, 5.74) is -0.393. The summed E-state index contributed by atoms with van der Waals surface area (Å²) in [5, 5.41) is 4.97. The van der Waals surface area contributed by atoms with Gasteiger partial charge in [0.1, 0.15) is 0 Å². The minimum atomic E-state index is -3.74. The van der Waals surface area contributed by atoms with Crippen molar-refractivity contribution in [3.05, 3.63) is 29.8 Å². The summed E-state index contributed by atoms with van der Waals surface area (Å²) in [6, 6.07) is 5.65. The second-order valence-electron chi connectivity index (χ2n) is 5.77. The van der Waals surface area contributed by atoms with E-state index >= 15 is 0 Å². The number of hydrogen-bond donors (Lipinski definition) is 3. The number of benzene rings is 1. The van der Waals surface area contributed by atoms with Crippen molar-refractivity contribution in [2.24, 2.45) is 0 Å². The molecule has 0 spiro atoms. The Kier molecular flexibility index (Phi) is 6.28. The third-order valence-corrected chi connectivity index (χ3v) is 5.03. The van der Waals surface area contributed by atoms with Crippen LogP contribution < -0.4 is 15.4 Å². The molecule has 2 amide bonds. The molecular formula is C15H23N3O4S. The summed E-state index contributed by atoms with van der Waals surface area (Å²) in [6.07, 6.45) is 0.587. The van der Waals surface area contributed by atoms with E-state index in [-0.39, 0.29) is 23.1 Å². The van der Waals surface area contributed by atoms with E-state index in [1.54, 1.807) is 13.8 Å². The molecule has 3 N–H and O–H groups in total. The van der Waals surface area contributed by atoms with Crippen LogP contribution in [0.3, 0.4) is 0 Å². The molecule has 0 saturated heterocycles. The Bertz CT molecular complexity index is 666. The van der Waals surface area contributed by atoms with Crippen molar-refractivity contribution < 1.29 is 18.0 Å². The predicted octanol–water partition coefficient (Wildman–Crippen LogP) is 0.629. The molecule has 0 aromatic heterocycles. The molecule has 0 radical (unpaired) electrons. The maximum absolute atomic E-state index is 12.4. The van der Waals surface area contributed by atoms with Gasteiger partial charge < -0.3 is 10.6 Å². The number of rotatable bonds is 7. The first-order valence-corrected chi connectivity index (χ1v) is 8.66. The normalized spacial score (nSPS) is 11.8. The van der Waals surface area contributed by atoms with E-state index in [2.05, 4.69) is 15.4 Å². The topological polar surface area (TPSA) is 104 Å². The van der Waals surface area contributed by atoms with Gasteiger partial charge in [-0.1, -0.05) is 0 Å². The van der Waals surface area contributed by atoms with Gasteiger partial charge in [-0.3, -0.25) is 9.59 Å². The van der Waals surface area contributed by atoms with E-state index in [4.69, 9.17) is 0 Å². The number of amides is 2. The zero-order valence-corrected chi connectivity index (χ0v) is 14.6. The molecule has 0 fully saturated rings. The zero-order chi connectivity index (χ0) is 17.7. The Hall–Kier alpha value is -1.93. The Balaban J connectivity index is 2.86. The number of hydrogen-bond acceptors (Lipinski definition) is 4. The molecule has 0 aliphatic rings. The molecule has 8 heteroatoms. The lowest BCUT2D eigenvalue weighted by atomic mass is 10.00. The van der Waals surface area contributed by atoms with Crippen LogP contribution in [-0.4, -0.2) is 39.9 Å². The van der Waals surface area contributed by atoms with Gasteiger partial charge in [0, 0.05) is 31.6 Å². The molecule has 0 saturated carbocycles. The van der Waals surface area contributed by atoms with E-state index in [0.717, 1.165) is 0 Å². The Morgan fingerprint density at radius 1 is 1.04 bits per heavy atom. The highest BCUT2D eigenvalue weighted by atomic mass is 32.2. The van der Waals surface area contributed by atoms with Crippen LogP contribution in [0.1, 0.15) is 37.0 Å². The Morgan fingerprint density at radius 3 is 2.09 bits per heavy atom. The summed E-state index contributed by atoms with van der Waals surface area (Å²) >= 11 is 0. The van der Waals surface area contributed by atoms with E-state index in [1.165, 1.54) is 38.4 Å². The molecule has 0 atom stereocenters. The first-order chi connectivity index (χ1) is 10.6. The number of nitrogens with one attached hydrogen (secondary N) is 3. The lowest BCUT2D eigenvalue weighted by Gasteiger charge is -2.25. The Labute approximate surface area is 136 Å². The van der Waals surface area contributed by atoms with Gasteiger partial charge in [-0.2, -0.15) is 0 Å². The van der Waals surface area contributed by atoms with Crippen LogP contribution in [0.2, 0.25) is 0 Å². The summed E-state index contributed by atoms with van der Waals surface area (Å²) in [4.78, 5) is 22.8. The van der Waals surface area contributed by atoms with Crippen LogP contribution >= 0.6 is 0 Å². The molecule has 128 valence electrons. The van der Waals surface area contributed by atoms with Crippen LogP contribution in [0.25, 0.3) is 0 Å². The third kappa shape index (κ3) is 5.65. The molecular weight excluding hydrogens is 318 g/mol. The van der Waals surface area contributed by atoms with Crippen LogP contribution in [0.5, 0.6) is 0 Å². The Morgan fingerprint density at radius 2 is 1.61 bits per heavy atom. The lowest BCUT2D eigenvalue weighted by molar-refractivity contribution is -0.120. The second kappa shape index (κ2) is 7.56. The van der Waals surface area contributed by atoms with Crippen LogP contribution in [0, 0.1) is 0 Å². The fourth-order valence-electron chi connectivity index (χ4n) is 1.95. The monoisotopic (exact) mass is 341 g/mol. The molecule has 0 aliphatic carbocycles. The minimum absolute atomic E-state index is 0.0678.